The minimum absolute atomic E-state index is 0.0987. The molecule has 1 unspecified atom stereocenters. The van der Waals surface area contributed by atoms with Crippen molar-refractivity contribution in [3.05, 3.63) is 53.8 Å². The zero-order valence-corrected chi connectivity index (χ0v) is 11.5. The van der Waals surface area contributed by atoms with E-state index in [0.717, 1.165) is 0 Å². The fourth-order valence-corrected chi connectivity index (χ4v) is 1.79. The average molecular weight is 276 g/mol. The summed E-state index contributed by atoms with van der Waals surface area (Å²) in [7, 11) is 0. The Kier molecular flexibility index (Phi) is 4.58. The van der Waals surface area contributed by atoms with Gasteiger partial charge in [0.25, 0.3) is 0 Å². The van der Waals surface area contributed by atoms with Crippen LogP contribution in [0, 0.1) is 5.82 Å². The van der Waals surface area contributed by atoms with Crippen molar-refractivity contribution in [1.29, 1.82) is 0 Å². The molecule has 0 fully saturated rings. The first-order valence-corrected chi connectivity index (χ1v) is 6.49. The molecule has 0 aliphatic carbocycles. The molecule has 20 heavy (non-hydrogen) atoms. The summed E-state index contributed by atoms with van der Waals surface area (Å²) in [6, 6.07) is 11.5. The van der Waals surface area contributed by atoms with Gasteiger partial charge in [0.1, 0.15) is 0 Å². The van der Waals surface area contributed by atoms with Crippen LogP contribution in [0.15, 0.2) is 42.5 Å². The molecule has 2 aromatic carbocycles. The van der Waals surface area contributed by atoms with E-state index in [-0.39, 0.29) is 5.75 Å². The quantitative estimate of drug-likeness (QED) is 0.894. The maximum Gasteiger partial charge on any atom is 0.169 e. The molecular weight excluding hydrogens is 259 g/mol. The first-order valence-electron chi connectivity index (χ1n) is 6.49. The maximum absolute atomic E-state index is 13.9. The Bertz CT molecular complexity index is 582. The van der Waals surface area contributed by atoms with Gasteiger partial charge in [-0.3, -0.25) is 0 Å². The van der Waals surface area contributed by atoms with Crippen LogP contribution >= 0.6 is 0 Å². The van der Waals surface area contributed by atoms with E-state index in [1.165, 1.54) is 12.1 Å². The van der Waals surface area contributed by atoms with Crippen LogP contribution in [0.3, 0.4) is 0 Å². The van der Waals surface area contributed by atoms with Crippen LogP contribution in [0.5, 0.6) is 17.2 Å². The van der Waals surface area contributed by atoms with Gasteiger partial charge < -0.3 is 14.6 Å². The molecular formula is C16H17FO3. The number of para-hydroxylation sites is 2. The van der Waals surface area contributed by atoms with Crippen LogP contribution in [-0.4, -0.2) is 11.7 Å². The van der Waals surface area contributed by atoms with E-state index in [1.54, 1.807) is 31.2 Å². The predicted molar refractivity (Wildman–Crippen MR) is 74.7 cm³/mol. The molecule has 106 valence electrons. The Labute approximate surface area is 117 Å². The lowest BCUT2D eigenvalue weighted by Crippen LogP contribution is -1.97. The Morgan fingerprint density at radius 3 is 2.40 bits per heavy atom. The van der Waals surface area contributed by atoms with E-state index in [1.807, 2.05) is 13.0 Å². The predicted octanol–water partition coefficient (Wildman–Crippen LogP) is 4.07. The average Bonchev–Trinajstić information content (AvgIpc) is 2.43. The van der Waals surface area contributed by atoms with Gasteiger partial charge in [-0.1, -0.05) is 18.2 Å². The molecule has 4 heteroatoms. The molecule has 2 aromatic rings. The zero-order valence-electron chi connectivity index (χ0n) is 11.5. The Balaban J connectivity index is 2.26. The number of rotatable bonds is 5. The van der Waals surface area contributed by atoms with Crippen molar-refractivity contribution in [2.24, 2.45) is 0 Å². The Morgan fingerprint density at radius 2 is 1.80 bits per heavy atom. The minimum Gasteiger partial charge on any atom is -0.490 e. The highest BCUT2D eigenvalue weighted by Gasteiger charge is 2.11. The topological polar surface area (TPSA) is 38.7 Å². The fourth-order valence-electron chi connectivity index (χ4n) is 1.79. The molecule has 0 heterocycles. The van der Waals surface area contributed by atoms with E-state index in [4.69, 9.17) is 9.47 Å². The molecule has 1 N–H and O–H groups in total. The lowest BCUT2D eigenvalue weighted by atomic mass is 10.1. The van der Waals surface area contributed by atoms with E-state index < -0.39 is 11.9 Å². The van der Waals surface area contributed by atoms with Gasteiger partial charge in [0.05, 0.1) is 12.7 Å². The summed E-state index contributed by atoms with van der Waals surface area (Å²) in [5, 5.41) is 9.42. The van der Waals surface area contributed by atoms with Crippen LogP contribution in [0.4, 0.5) is 4.39 Å². The number of hydrogen-bond donors (Lipinski definition) is 1. The number of ether oxygens (including phenoxy) is 2. The fraction of sp³-hybridized carbons (Fsp3) is 0.250. The molecule has 0 aliphatic rings. The molecule has 0 spiro atoms. The highest BCUT2D eigenvalue weighted by molar-refractivity contribution is 5.43. The molecule has 0 saturated heterocycles. The first kappa shape index (κ1) is 14.3. The monoisotopic (exact) mass is 276 g/mol. The Morgan fingerprint density at radius 1 is 1.10 bits per heavy atom. The molecule has 0 radical (unpaired) electrons. The molecule has 2 rings (SSSR count). The van der Waals surface area contributed by atoms with Gasteiger partial charge in [0, 0.05) is 0 Å². The maximum atomic E-state index is 13.9. The second-order valence-corrected chi connectivity index (χ2v) is 4.35. The van der Waals surface area contributed by atoms with Gasteiger partial charge in [0.2, 0.25) is 0 Å². The SMILES string of the molecule is CCOc1ccccc1Oc1ccc(C(C)O)cc1F. The number of halogens is 1. The number of aliphatic hydroxyl groups excluding tert-OH is 1. The van der Waals surface area contributed by atoms with Gasteiger partial charge >= 0.3 is 0 Å². The summed E-state index contributed by atoms with van der Waals surface area (Å²) in [4.78, 5) is 0. The summed E-state index contributed by atoms with van der Waals surface area (Å²) in [6.45, 7) is 3.96. The van der Waals surface area contributed by atoms with Crippen molar-refractivity contribution < 1.29 is 19.0 Å². The molecule has 3 nitrogen and oxygen atoms in total. The van der Waals surface area contributed by atoms with E-state index >= 15 is 0 Å². The third-order valence-electron chi connectivity index (χ3n) is 2.81. The van der Waals surface area contributed by atoms with Crippen LogP contribution in [0.1, 0.15) is 25.5 Å². The highest BCUT2D eigenvalue weighted by atomic mass is 19.1. The third-order valence-corrected chi connectivity index (χ3v) is 2.81. The standard InChI is InChI=1S/C16H17FO3/c1-3-19-15-6-4-5-7-16(15)20-14-9-8-12(11(2)18)10-13(14)17/h4-11,18H,3H2,1-2H3. The smallest absolute Gasteiger partial charge is 0.169 e. The molecule has 0 saturated carbocycles. The second kappa shape index (κ2) is 6.39. The normalized spacial score (nSPS) is 12.0. The van der Waals surface area contributed by atoms with Crippen LogP contribution in [0.25, 0.3) is 0 Å². The Hall–Kier alpha value is -2.07. The van der Waals surface area contributed by atoms with Crippen molar-refractivity contribution in [2.75, 3.05) is 6.61 Å². The van der Waals surface area contributed by atoms with Crippen molar-refractivity contribution in [3.8, 4) is 17.2 Å². The van der Waals surface area contributed by atoms with E-state index in [0.29, 0.717) is 23.7 Å². The van der Waals surface area contributed by atoms with Gasteiger partial charge in [0.15, 0.2) is 23.1 Å². The van der Waals surface area contributed by atoms with Gasteiger partial charge in [-0.2, -0.15) is 0 Å². The molecule has 0 aliphatic heterocycles. The largest absolute Gasteiger partial charge is 0.490 e. The lowest BCUT2D eigenvalue weighted by Gasteiger charge is -2.13. The minimum atomic E-state index is -0.714. The number of benzene rings is 2. The van der Waals surface area contributed by atoms with Crippen molar-refractivity contribution in [3.63, 3.8) is 0 Å². The van der Waals surface area contributed by atoms with Gasteiger partial charge in [-0.05, 0) is 43.7 Å². The molecule has 0 aromatic heterocycles. The second-order valence-electron chi connectivity index (χ2n) is 4.35. The van der Waals surface area contributed by atoms with Crippen LogP contribution in [-0.2, 0) is 0 Å². The number of hydrogen-bond acceptors (Lipinski definition) is 3. The third kappa shape index (κ3) is 3.27. The number of aliphatic hydroxyl groups is 1. The summed E-state index contributed by atoms with van der Waals surface area (Å²) in [5.74, 6) is 0.600. The van der Waals surface area contributed by atoms with Crippen molar-refractivity contribution in [1.82, 2.24) is 0 Å². The van der Waals surface area contributed by atoms with Crippen molar-refractivity contribution >= 4 is 0 Å². The van der Waals surface area contributed by atoms with Crippen LogP contribution in [0.2, 0.25) is 0 Å². The van der Waals surface area contributed by atoms with Crippen LogP contribution < -0.4 is 9.47 Å². The van der Waals surface area contributed by atoms with Crippen molar-refractivity contribution in [2.45, 2.75) is 20.0 Å². The molecule has 0 amide bonds. The van der Waals surface area contributed by atoms with E-state index in [9.17, 15) is 9.50 Å². The van der Waals surface area contributed by atoms with E-state index in [2.05, 4.69) is 0 Å². The van der Waals surface area contributed by atoms with Gasteiger partial charge in [-0.15, -0.1) is 0 Å². The van der Waals surface area contributed by atoms with Gasteiger partial charge in [-0.25, -0.2) is 4.39 Å². The summed E-state index contributed by atoms with van der Waals surface area (Å²) < 4.78 is 24.9. The lowest BCUT2D eigenvalue weighted by molar-refractivity contribution is 0.198. The molecule has 0 bridgehead atoms. The highest BCUT2D eigenvalue weighted by Crippen LogP contribution is 2.33. The molecule has 1 atom stereocenters. The summed E-state index contributed by atoms with van der Waals surface area (Å²) in [6.07, 6.45) is -0.714. The summed E-state index contributed by atoms with van der Waals surface area (Å²) in [5.41, 5.74) is 0.507. The first-order chi connectivity index (χ1) is 9.61. The summed E-state index contributed by atoms with van der Waals surface area (Å²) >= 11 is 0. The zero-order chi connectivity index (χ0) is 14.5.